The van der Waals surface area contributed by atoms with Gasteiger partial charge in [0.25, 0.3) is 23.6 Å². The van der Waals surface area contributed by atoms with Crippen molar-refractivity contribution in [3.05, 3.63) is 47.8 Å². The number of nitrogens with zero attached hydrogens (tertiary/aromatic N) is 4. The molecule has 4 amide bonds. The van der Waals surface area contributed by atoms with Crippen LogP contribution in [0.1, 0.15) is 46.4 Å². The molecule has 0 saturated carbocycles. The molecule has 0 radical (unpaired) electrons. The zero-order valence-electron chi connectivity index (χ0n) is 16.3. The van der Waals surface area contributed by atoms with Gasteiger partial charge in [0.1, 0.15) is 0 Å². The molecule has 2 aromatic rings. The summed E-state index contributed by atoms with van der Waals surface area (Å²) >= 11 is 0. The molecule has 2 aliphatic heterocycles. The van der Waals surface area contributed by atoms with Crippen LogP contribution in [0.15, 0.2) is 36.7 Å². The highest BCUT2D eigenvalue weighted by Gasteiger charge is 2.34. The van der Waals surface area contributed by atoms with Gasteiger partial charge in [0.2, 0.25) is 0 Å². The smallest absolute Gasteiger partial charge is 0.325 e. The topological polar surface area (TPSA) is 153 Å². The average Bonchev–Trinajstić information content (AvgIpc) is 3.29. The molecule has 0 unspecified atom stereocenters. The summed E-state index contributed by atoms with van der Waals surface area (Å²) in [5.74, 6) is -4.18. The first-order valence-corrected chi connectivity index (χ1v) is 9.42. The van der Waals surface area contributed by atoms with Gasteiger partial charge in [-0.05, 0) is 24.3 Å². The van der Waals surface area contributed by atoms with Crippen LogP contribution in [0, 0.1) is 0 Å². The number of hydrogen-bond donors (Lipinski definition) is 0. The first-order valence-electron chi connectivity index (χ1n) is 9.42. The van der Waals surface area contributed by atoms with Gasteiger partial charge < -0.3 is 9.68 Å². The number of carbonyl (C=O) groups is 6. The lowest BCUT2D eigenvalue weighted by Gasteiger charge is -2.12. The van der Waals surface area contributed by atoms with Crippen molar-refractivity contribution in [3.8, 4) is 11.4 Å². The highest BCUT2D eigenvalue weighted by atomic mass is 16.7. The molecule has 0 atom stereocenters. The molecule has 0 aromatic carbocycles. The molecule has 2 saturated heterocycles. The van der Waals surface area contributed by atoms with Crippen molar-refractivity contribution in [2.24, 2.45) is 0 Å². The second-order valence-corrected chi connectivity index (χ2v) is 6.79. The number of hydroxylamine groups is 4. The fraction of sp³-hybridized carbons (Fsp3) is 0.200. The monoisotopic (exact) mass is 438 g/mol. The van der Waals surface area contributed by atoms with E-state index in [0.717, 1.165) is 0 Å². The summed E-state index contributed by atoms with van der Waals surface area (Å²) in [5, 5.41) is 0.887. The maximum Gasteiger partial charge on any atom is 0.365 e. The van der Waals surface area contributed by atoms with Crippen molar-refractivity contribution in [3.63, 3.8) is 0 Å². The van der Waals surface area contributed by atoms with Crippen LogP contribution < -0.4 is 0 Å². The zero-order valence-corrected chi connectivity index (χ0v) is 16.3. The quantitative estimate of drug-likeness (QED) is 0.606. The van der Waals surface area contributed by atoms with E-state index in [-0.39, 0.29) is 36.8 Å². The Morgan fingerprint density at radius 1 is 0.625 bits per heavy atom. The molecule has 2 aliphatic rings. The van der Waals surface area contributed by atoms with Crippen LogP contribution in [0.3, 0.4) is 0 Å². The normalized spacial score (nSPS) is 16.0. The van der Waals surface area contributed by atoms with Gasteiger partial charge >= 0.3 is 11.9 Å². The summed E-state index contributed by atoms with van der Waals surface area (Å²) in [6, 6.07) is 5.69. The van der Waals surface area contributed by atoms with E-state index in [1.165, 1.54) is 36.7 Å². The minimum absolute atomic E-state index is 0.0108. The van der Waals surface area contributed by atoms with Crippen molar-refractivity contribution in [1.82, 2.24) is 20.1 Å². The SMILES string of the molecule is O=C(ON1C(=O)CCC1=O)c1ccc(-c2ccc(C(=O)ON3C(=O)CCC3=O)cn2)nc1. The van der Waals surface area contributed by atoms with Crippen molar-refractivity contribution in [2.45, 2.75) is 25.7 Å². The fourth-order valence-corrected chi connectivity index (χ4v) is 2.92. The van der Waals surface area contributed by atoms with E-state index in [9.17, 15) is 28.8 Å². The third-order valence-corrected chi connectivity index (χ3v) is 4.62. The van der Waals surface area contributed by atoms with Crippen molar-refractivity contribution < 1.29 is 38.4 Å². The highest BCUT2D eigenvalue weighted by Crippen LogP contribution is 2.19. The Balaban J connectivity index is 1.41. The first-order chi connectivity index (χ1) is 15.3. The van der Waals surface area contributed by atoms with Gasteiger partial charge in [-0.1, -0.05) is 0 Å². The molecule has 0 N–H and O–H groups in total. The number of hydrogen-bond acceptors (Lipinski definition) is 10. The van der Waals surface area contributed by atoms with Crippen molar-refractivity contribution in [1.29, 1.82) is 0 Å². The number of rotatable bonds is 5. The van der Waals surface area contributed by atoms with Crippen LogP contribution in [0.25, 0.3) is 11.4 Å². The molecule has 12 heteroatoms. The number of carbonyl (C=O) groups excluding carboxylic acids is 6. The Labute approximate surface area is 179 Å². The molecule has 0 spiro atoms. The van der Waals surface area contributed by atoms with E-state index < -0.39 is 35.6 Å². The molecular weight excluding hydrogens is 424 g/mol. The summed E-state index contributed by atoms with van der Waals surface area (Å²) in [4.78, 5) is 88.2. The Kier molecular flexibility index (Phi) is 5.41. The summed E-state index contributed by atoms with van der Waals surface area (Å²) in [5.41, 5.74) is 0.752. The van der Waals surface area contributed by atoms with Crippen molar-refractivity contribution >= 4 is 35.6 Å². The lowest BCUT2D eigenvalue weighted by molar-refractivity contribution is -0.173. The Morgan fingerprint density at radius 2 is 0.969 bits per heavy atom. The van der Waals surface area contributed by atoms with Crippen LogP contribution in [-0.4, -0.2) is 55.7 Å². The number of imide groups is 2. The molecule has 162 valence electrons. The van der Waals surface area contributed by atoms with E-state index in [1.807, 2.05) is 0 Å². The third-order valence-electron chi connectivity index (χ3n) is 4.62. The van der Waals surface area contributed by atoms with E-state index in [2.05, 4.69) is 9.97 Å². The molecule has 2 fully saturated rings. The second kappa shape index (κ2) is 8.34. The predicted octanol–water partition coefficient (Wildman–Crippen LogP) is 0.585. The van der Waals surface area contributed by atoms with E-state index in [1.54, 1.807) is 0 Å². The Hall–Kier alpha value is -4.48. The largest absolute Gasteiger partial charge is 0.365 e. The molecule has 0 aliphatic carbocycles. The molecule has 12 nitrogen and oxygen atoms in total. The molecule has 0 bridgehead atoms. The van der Waals surface area contributed by atoms with E-state index >= 15 is 0 Å². The van der Waals surface area contributed by atoms with E-state index in [4.69, 9.17) is 9.68 Å². The second-order valence-electron chi connectivity index (χ2n) is 6.79. The average molecular weight is 438 g/mol. The van der Waals surface area contributed by atoms with Gasteiger partial charge in [-0.15, -0.1) is 10.1 Å². The first kappa shape index (κ1) is 20.8. The molecule has 2 aromatic heterocycles. The Morgan fingerprint density at radius 3 is 1.25 bits per heavy atom. The minimum Gasteiger partial charge on any atom is -0.325 e. The fourth-order valence-electron chi connectivity index (χ4n) is 2.92. The number of amides is 4. The van der Waals surface area contributed by atoms with Crippen LogP contribution in [0.4, 0.5) is 0 Å². The molecule has 4 heterocycles. The molecule has 4 rings (SSSR count). The third kappa shape index (κ3) is 4.05. The van der Waals surface area contributed by atoms with Gasteiger partial charge in [-0.2, -0.15) is 0 Å². The lowest BCUT2D eigenvalue weighted by Crippen LogP contribution is -2.32. The summed E-state index contributed by atoms with van der Waals surface area (Å²) in [6.45, 7) is 0. The van der Waals surface area contributed by atoms with Gasteiger partial charge in [0.15, 0.2) is 0 Å². The van der Waals surface area contributed by atoms with Gasteiger partial charge in [-0.25, -0.2) is 9.59 Å². The maximum atomic E-state index is 12.1. The van der Waals surface area contributed by atoms with Crippen LogP contribution >= 0.6 is 0 Å². The number of aromatic nitrogens is 2. The van der Waals surface area contributed by atoms with Crippen LogP contribution in [0.2, 0.25) is 0 Å². The van der Waals surface area contributed by atoms with Crippen LogP contribution in [-0.2, 0) is 28.9 Å². The summed E-state index contributed by atoms with van der Waals surface area (Å²) < 4.78 is 0. The zero-order chi connectivity index (χ0) is 22.8. The Bertz CT molecular complexity index is 1020. The van der Waals surface area contributed by atoms with Crippen molar-refractivity contribution in [2.75, 3.05) is 0 Å². The highest BCUT2D eigenvalue weighted by molar-refractivity contribution is 6.03. The van der Waals surface area contributed by atoms with E-state index in [0.29, 0.717) is 21.5 Å². The van der Waals surface area contributed by atoms with Gasteiger partial charge in [-0.3, -0.25) is 29.1 Å². The number of pyridine rings is 2. The standard InChI is InChI=1S/C20H14N4O8/c25-15-5-6-16(26)23(15)31-19(29)11-1-3-13(21-9-11)14-4-2-12(10-22-14)20(30)32-24-17(27)7-8-18(24)28/h1-4,9-10H,5-8H2. The maximum absolute atomic E-state index is 12.1. The van der Waals surface area contributed by atoms with Gasteiger partial charge in [0, 0.05) is 38.1 Å². The van der Waals surface area contributed by atoms with Crippen LogP contribution in [0.5, 0.6) is 0 Å². The predicted molar refractivity (Wildman–Crippen MR) is 100 cm³/mol. The molecule has 32 heavy (non-hydrogen) atoms. The van der Waals surface area contributed by atoms with Gasteiger partial charge in [0.05, 0.1) is 22.5 Å². The minimum atomic E-state index is -0.912. The lowest BCUT2D eigenvalue weighted by atomic mass is 10.2. The summed E-state index contributed by atoms with van der Waals surface area (Å²) in [7, 11) is 0. The summed E-state index contributed by atoms with van der Waals surface area (Å²) in [6.07, 6.45) is 2.34. The molecular formula is C20H14N4O8.